The van der Waals surface area contributed by atoms with Gasteiger partial charge in [-0.1, -0.05) is 65.3 Å². The Morgan fingerprint density at radius 1 is 1.08 bits per heavy atom. The quantitative estimate of drug-likeness (QED) is 0.242. The van der Waals surface area contributed by atoms with E-state index in [9.17, 15) is 9.59 Å². The number of hydrogen-bond donors (Lipinski definition) is 3. The standard InChI is InChI=1S/C38H53ClN6O3/c1-24(2)48-31-14-13-27(21-29(31)39)33-35(47)45(38(43-33)19-15-28(16-20-38)37(6,7)8)30(17-18-36(3,4)5)25-9-11-26(12-10-25)34(46)40-22-32-41-23-42-44-32/h9-14,21,24,28,30,42H,15-20,22-23H2,1-8H3,(H,40,46)(H,41,44)/t28?,30-,38?/m1/s1. The summed E-state index contributed by atoms with van der Waals surface area (Å²) in [4.78, 5) is 39.5. The third kappa shape index (κ3) is 8.23. The Balaban J connectivity index is 1.50. The van der Waals surface area contributed by atoms with Crippen LogP contribution in [-0.4, -0.2) is 53.2 Å². The van der Waals surface area contributed by atoms with Crippen LogP contribution >= 0.6 is 11.6 Å². The first-order valence-corrected chi connectivity index (χ1v) is 17.7. The molecule has 3 N–H and O–H groups in total. The number of benzene rings is 2. The third-order valence-corrected chi connectivity index (χ3v) is 10.1. The molecule has 2 heterocycles. The first-order chi connectivity index (χ1) is 22.6. The van der Waals surface area contributed by atoms with E-state index in [-0.39, 0.29) is 34.8 Å². The topological polar surface area (TPSA) is 107 Å². The molecule has 10 heteroatoms. The van der Waals surface area contributed by atoms with Crippen molar-refractivity contribution < 1.29 is 14.3 Å². The van der Waals surface area contributed by atoms with E-state index in [0.717, 1.165) is 44.1 Å². The lowest BCUT2D eigenvalue weighted by molar-refractivity contribution is -0.134. The third-order valence-electron chi connectivity index (χ3n) is 9.80. The number of rotatable bonds is 10. The molecule has 1 aliphatic carbocycles. The fourth-order valence-corrected chi connectivity index (χ4v) is 7.31. The fraction of sp³-hybridized carbons (Fsp3) is 0.579. The Morgan fingerprint density at radius 3 is 2.33 bits per heavy atom. The Kier molecular flexibility index (Phi) is 10.6. The molecule has 0 bridgehead atoms. The van der Waals surface area contributed by atoms with E-state index in [0.29, 0.717) is 52.6 Å². The molecular formula is C38H53ClN6O3. The number of hydrogen-bond acceptors (Lipinski definition) is 7. The van der Waals surface area contributed by atoms with Gasteiger partial charge in [0.2, 0.25) is 0 Å². The number of amides is 2. The summed E-state index contributed by atoms with van der Waals surface area (Å²) >= 11 is 6.69. The van der Waals surface area contributed by atoms with E-state index in [4.69, 9.17) is 21.3 Å². The van der Waals surface area contributed by atoms with E-state index >= 15 is 0 Å². The van der Waals surface area contributed by atoms with Crippen molar-refractivity contribution in [3.63, 3.8) is 0 Å². The minimum absolute atomic E-state index is 0.0207. The van der Waals surface area contributed by atoms with Gasteiger partial charge in [-0.05, 0) is 105 Å². The van der Waals surface area contributed by atoms with Crippen molar-refractivity contribution in [2.24, 2.45) is 26.7 Å². The first-order valence-electron chi connectivity index (χ1n) is 17.4. The van der Waals surface area contributed by atoms with Gasteiger partial charge in [0.25, 0.3) is 11.8 Å². The van der Waals surface area contributed by atoms with Crippen LogP contribution in [0.3, 0.4) is 0 Å². The molecule has 260 valence electrons. The number of halogens is 1. The van der Waals surface area contributed by atoms with Crippen molar-refractivity contribution in [1.82, 2.24) is 21.1 Å². The molecule has 2 aliphatic heterocycles. The zero-order valence-corrected chi connectivity index (χ0v) is 30.6. The van der Waals surface area contributed by atoms with Crippen LogP contribution in [0.25, 0.3) is 0 Å². The Morgan fingerprint density at radius 2 is 1.77 bits per heavy atom. The predicted molar refractivity (Wildman–Crippen MR) is 194 cm³/mol. The monoisotopic (exact) mass is 676 g/mol. The molecule has 2 aromatic carbocycles. The molecule has 2 amide bonds. The highest BCUT2D eigenvalue weighted by molar-refractivity contribution is 6.47. The lowest BCUT2D eigenvalue weighted by Crippen LogP contribution is -2.51. The molecule has 1 atom stereocenters. The van der Waals surface area contributed by atoms with E-state index in [2.05, 4.69) is 67.6 Å². The molecule has 48 heavy (non-hydrogen) atoms. The number of amidine groups is 1. The van der Waals surface area contributed by atoms with Crippen molar-refractivity contribution in [2.75, 3.05) is 13.2 Å². The number of carbonyl (C=O) groups is 2. The fourth-order valence-electron chi connectivity index (χ4n) is 7.08. The maximum Gasteiger partial charge on any atom is 0.275 e. The number of carbonyl (C=O) groups excluding carboxylic acids is 2. The van der Waals surface area contributed by atoms with Gasteiger partial charge in [0.15, 0.2) is 0 Å². The first kappa shape index (κ1) is 35.9. The summed E-state index contributed by atoms with van der Waals surface area (Å²) in [6.45, 7) is 18.3. The molecule has 0 unspecified atom stereocenters. The number of aliphatic imine (C=N–C) groups is 2. The van der Waals surface area contributed by atoms with Crippen LogP contribution in [0, 0.1) is 16.7 Å². The summed E-state index contributed by atoms with van der Waals surface area (Å²) in [6.07, 6.45) is 5.24. The van der Waals surface area contributed by atoms with Gasteiger partial charge >= 0.3 is 0 Å². The van der Waals surface area contributed by atoms with Crippen LogP contribution in [-0.2, 0) is 4.79 Å². The highest BCUT2D eigenvalue weighted by atomic mass is 35.5. The van der Waals surface area contributed by atoms with Crippen LogP contribution in [0.2, 0.25) is 5.02 Å². The summed E-state index contributed by atoms with van der Waals surface area (Å²) in [6, 6.07) is 13.1. The molecular weight excluding hydrogens is 624 g/mol. The Bertz CT molecular complexity index is 1550. The van der Waals surface area contributed by atoms with Crippen LogP contribution < -0.4 is 20.9 Å². The molecule has 0 aromatic heterocycles. The minimum Gasteiger partial charge on any atom is -0.489 e. The van der Waals surface area contributed by atoms with Gasteiger partial charge in [0, 0.05) is 11.1 Å². The smallest absolute Gasteiger partial charge is 0.275 e. The second-order valence-electron chi connectivity index (χ2n) is 16.1. The van der Waals surface area contributed by atoms with Crippen LogP contribution in [0.15, 0.2) is 52.4 Å². The number of nitrogens with one attached hydrogen (secondary N) is 3. The molecule has 3 aliphatic rings. The molecule has 9 nitrogen and oxygen atoms in total. The Labute approximate surface area is 291 Å². The Hall–Kier alpha value is -3.43. The molecule has 1 fully saturated rings. The maximum absolute atomic E-state index is 14.8. The molecule has 1 saturated carbocycles. The molecule has 5 rings (SSSR count). The van der Waals surface area contributed by atoms with Gasteiger partial charge < -0.3 is 20.4 Å². The van der Waals surface area contributed by atoms with Gasteiger partial charge in [-0.2, -0.15) is 0 Å². The van der Waals surface area contributed by atoms with Gasteiger partial charge in [0.1, 0.15) is 29.6 Å². The van der Waals surface area contributed by atoms with Gasteiger partial charge in [-0.3, -0.25) is 19.6 Å². The average molecular weight is 677 g/mol. The lowest BCUT2D eigenvalue weighted by atomic mass is 9.69. The van der Waals surface area contributed by atoms with E-state index < -0.39 is 5.66 Å². The largest absolute Gasteiger partial charge is 0.489 e. The number of ether oxygens (including phenoxy) is 1. The van der Waals surface area contributed by atoms with E-state index in [1.54, 1.807) is 0 Å². The van der Waals surface area contributed by atoms with Gasteiger partial charge in [-0.15, -0.1) is 0 Å². The van der Waals surface area contributed by atoms with Crippen molar-refractivity contribution in [3.05, 3.63) is 64.2 Å². The summed E-state index contributed by atoms with van der Waals surface area (Å²) in [5, 5.41) is 3.39. The predicted octanol–water partition coefficient (Wildman–Crippen LogP) is 7.45. The SMILES string of the molecule is CC(C)Oc1ccc(C2=NC3(CCC(C(C)(C)C)CC3)N([C@H](CCC(C)(C)C)c3ccc(C(=O)NCC4=NCNN4)cc3)C2=O)cc1Cl. The molecule has 1 spiro atoms. The summed E-state index contributed by atoms with van der Waals surface area (Å²) in [5.74, 6) is 1.59. The second-order valence-corrected chi connectivity index (χ2v) is 16.5. The van der Waals surface area contributed by atoms with Crippen LogP contribution in [0.5, 0.6) is 5.75 Å². The van der Waals surface area contributed by atoms with Crippen molar-refractivity contribution in [2.45, 2.75) is 112 Å². The lowest BCUT2D eigenvalue weighted by Gasteiger charge is -2.47. The minimum atomic E-state index is -0.657. The normalized spacial score (nSPS) is 22.1. The highest BCUT2D eigenvalue weighted by Crippen LogP contribution is 2.50. The van der Waals surface area contributed by atoms with Gasteiger partial charge in [-0.25, -0.2) is 5.43 Å². The summed E-state index contributed by atoms with van der Waals surface area (Å²) in [5.41, 5.74) is 8.16. The number of hydrazine groups is 1. The molecule has 0 radical (unpaired) electrons. The van der Waals surface area contributed by atoms with E-state index in [1.807, 2.05) is 56.3 Å². The van der Waals surface area contributed by atoms with Gasteiger partial charge in [0.05, 0.1) is 23.7 Å². The average Bonchev–Trinajstić information content (AvgIpc) is 3.63. The van der Waals surface area contributed by atoms with Crippen LogP contribution in [0.1, 0.15) is 121 Å². The second kappa shape index (κ2) is 14.2. The van der Waals surface area contributed by atoms with Crippen molar-refractivity contribution >= 4 is 35.0 Å². The molecule has 2 aromatic rings. The zero-order valence-electron chi connectivity index (χ0n) is 29.9. The van der Waals surface area contributed by atoms with Crippen LogP contribution in [0.4, 0.5) is 0 Å². The maximum atomic E-state index is 14.8. The molecule has 0 saturated heterocycles. The van der Waals surface area contributed by atoms with Crippen molar-refractivity contribution in [1.29, 1.82) is 0 Å². The highest BCUT2D eigenvalue weighted by Gasteiger charge is 2.52. The summed E-state index contributed by atoms with van der Waals surface area (Å²) in [7, 11) is 0. The van der Waals surface area contributed by atoms with Crippen molar-refractivity contribution in [3.8, 4) is 5.75 Å². The van der Waals surface area contributed by atoms with E-state index in [1.165, 1.54) is 0 Å². The number of nitrogens with zero attached hydrogens (tertiary/aromatic N) is 3. The zero-order chi connectivity index (χ0) is 34.9. The summed E-state index contributed by atoms with van der Waals surface area (Å²) < 4.78 is 5.88.